The molecule has 1 aromatic rings. The van der Waals surface area contributed by atoms with E-state index >= 15 is 0 Å². The van der Waals surface area contributed by atoms with E-state index in [4.69, 9.17) is 10.7 Å². The van der Waals surface area contributed by atoms with Crippen molar-refractivity contribution < 1.29 is 0 Å². The summed E-state index contributed by atoms with van der Waals surface area (Å²) < 4.78 is 4.52. The molecular formula is C13H20N4S. The van der Waals surface area contributed by atoms with E-state index in [9.17, 15) is 0 Å². The van der Waals surface area contributed by atoms with Gasteiger partial charge in [0, 0.05) is 36.6 Å². The van der Waals surface area contributed by atoms with Crippen LogP contribution in [0.1, 0.15) is 43.8 Å². The van der Waals surface area contributed by atoms with Crippen LogP contribution in [-0.2, 0) is 0 Å². The Bertz CT molecular complexity index is 442. The van der Waals surface area contributed by atoms with Gasteiger partial charge in [-0.2, -0.15) is 4.37 Å². The summed E-state index contributed by atoms with van der Waals surface area (Å²) >= 11 is 1.59. The first-order valence-corrected chi connectivity index (χ1v) is 7.91. The maximum Gasteiger partial charge on any atom is 0.205 e. The summed E-state index contributed by atoms with van der Waals surface area (Å²) in [5, 5.41) is 1.15. The highest BCUT2D eigenvalue weighted by molar-refractivity contribution is 7.09. The Morgan fingerprint density at radius 3 is 2.78 bits per heavy atom. The van der Waals surface area contributed by atoms with Gasteiger partial charge in [0.25, 0.3) is 0 Å². The maximum atomic E-state index is 6.08. The predicted octanol–water partition coefficient (Wildman–Crippen LogP) is 1.98. The quantitative estimate of drug-likeness (QED) is 0.887. The van der Waals surface area contributed by atoms with Gasteiger partial charge >= 0.3 is 0 Å². The second-order valence-electron chi connectivity index (χ2n) is 6.21. The Balaban J connectivity index is 1.48. The summed E-state index contributed by atoms with van der Waals surface area (Å²) in [6.45, 7) is 2.33. The molecule has 3 fully saturated rings. The van der Waals surface area contributed by atoms with Crippen LogP contribution in [0.2, 0.25) is 0 Å². The molecule has 4 nitrogen and oxygen atoms in total. The van der Waals surface area contributed by atoms with Crippen molar-refractivity contribution in [3.8, 4) is 0 Å². The van der Waals surface area contributed by atoms with Gasteiger partial charge in [0.15, 0.2) is 0 Å². The summed E-state index contributed by atoms with van der Waals surface area (Å²) in [5.74, 6) is 3.41. The molecule has 0 amide bonds. The minimum atomic E-state index is 0.433. The van der Waals surface area contributed by atoms with Gasteiger partial charge in [0.05, 0.1) is 0 Å². The number of hydrogen-bond acceptors (Lipinski definition) is 5. The first-order valence-electron chi connectivity index (χ1n) is 7.13. The normalized spacial score (nSPS) is 35.8. The fourth-order valence-electron chi connectivity index (χ4n) is 3.49. The monoisotopic (exact) mass is 264 g/mol. The van der Waals surface area contributed by atoms with Gasteiger partial charge in [0.2, 0.25) is 5.13 Å². The highest BCUT2D eigenvalue weighted by Crippen LogP contribution is 2.42. The first kappa shape index (κ1) is 11.2. The number of rotatable bonds is 2. The van der Waals surface area contributed by atoms with Crippen LogP contribution in [0.25, 0.3) is 0 Å². The molecule has 98 valence electrons. The van der Waals surface area contributed by atoms with E-state index in [2.05, 4.69) is 9.27 Å². The summed E-state index contributed by atoms with van der Waals surface area (Å²) in [4.78, 5) is 7.19. The van der Waals surface area contributed by atoms with Crippen molar-refractivity contribution in [2.45, 2.75) is 44.1 Å². The number of anilines is 1. The Morgan fingerprint density at radius 1 is 1.11 bits per heavy atom. The number of fused-ring (bicyclic) bond motifs is 1. The van der Waals surface area contributed by atoms with Crippen molar-refractivity contribution in [1.29, 1.82) is 0 Å². The van der Waals surface area contributed by atoms with Crippen LogP contribution in [0.4, 0.5) is 5.13 Å². The molecule has 4 rings (SSSR count). The summed E-state index contributed by atoms with van der Waals surface area (Å²) in [5.41, 5.74) is 6.08. The zero-order valence-electron chi connectivity index (χ0n) is 10.6. The standard InChI is InChI=1S/C13H20N4S/c14-11-4-3-9-6-17(7-10(9)5-11)13-15-12(16-18-13)8-1-2-8/h8-11H,1-7,14H2/t9-,10+,11?/m1/s1. The molecule has 1 unspecified atom stereocenters. The molecule has 2 saturated carbocycles. The molecular weight excluding hydrogens is 244 g/mol. The summed E-state index contributed by atoms with van der Waals surface area (Å²) in [6.07, 6.45) is 6.29. The third-order valence-electron chi connectivity index (χ3n) is 4.73. The Morgan fingerprint density at radius 2 is 1.94 bits per heavy atom. The predicted molar refractivity (Wildman–Crippen MR) is 72.9 cm³/mol. The maximum absolute atomic E-state index is 6.08. The van der Waals surface area contributed by atoms with Crippen molar-refractivity contribution >= 4 is 16.7 Å². The zero-order valence-corrected chi connectivity index (χ0v) is 11.4. The molecule has 0 aromatic carbocycles. The van der Waals surface area contributed by atoms with E-state index in [1.165, 1.54) is 38.6 Å². The molecule has 1 aromatic heterocycles. The van der Waals surface area contributed by atoms with Crippen molar-refractivity contribution in [3.63, 3.8) is 0 Å². The molecule has 18 heavy (non-hydrogen) atoms. The second kappa shape index (κ2) is 4.17. The zero-order chi connectivity index (χ0) is 12.1. The Labute approximate surface area is 112 Å². The number of aromatic nitrogens is 2. The van der Waals surface area contributed by atoms with Crippen LogP contribution in [0.15, 0.2) is 0 Å². The molecule has 0 spiro atoms. The highest BCUT2D eigenvalue weighted by Gasteiger charge is 2.38. The average Bonchev–Trinajstić information content (AvgIpc) is 2.95. The molecule has 1 aliphatic heterocycles. The lowest BCUT2D eigenvalue weighted by molar-refractivity contribution is 0.271. The highest BCUT2D eigenvalue weighted by atomic mass is 32.1. The van der Waals surface area contributed by atoms with Gasteiger partial charge in [-0.3, -0.25) is 0 Å². The van der Waals surface area contributed by atoms with Gasteiger partial charge in [-0.15, -0.1) is 0 Å². The SMILES string of the molecule is NC1CC[C@@H]2CN(c3nc(C4CC4)ns3)C[C@@H]2C1. The van der Waals surface area contributed by atoms with Crippen LogP contribution in [0, 0.1) is 11.8 Å². The van der Waals surface area contributed by atoms with Crippen LogP contribution in [0.5, 0.6) is 0 Å². The minimum absolute atomic E-state index is 0.433. The van der Waals surface area contributed by atoms with Gasteiger partial charge in [-0.05, 0) is 43.9 Å². The largest absolute Gasteiger partial charge is 0.346 e. The van der Waals surface area contributed by atoms with Crippen LogP contribution >= 0.6 is 11.5 Å². The van der Waals surface area contributed by atoms with E-state index in [1.54, 1.807) is 11.5 Å². The minimum Gasteiger partial charge on any atom is -0.346 e. The fourth-order valence-corrected chi connectivity index (χ4v) is 4.25. The lowest BCUT2D eigenvalue weighted by atomic mass is 9.79. The first-order chi connectivity index (χ1) is 8.79. The third kappa shape index (κ3) is 1.93. The summed E-state index contributed by atoms with van der Waals surface area (Å²) in [6, 6.07) is 0.433. The van der Waals surface area contributed by atoms with Gasteiger partial charge < -0.3 is 10.6 Å². The van der Waals surface area contributed by atoms with Crippen molar-refractivity contribution in [2.75, 3.05) is 18.0 Å². The summed E-state index contributed by atoms with van der Waals surface area (Å²) in [7, 11) is 0. The molecule has 2 N–H and O–H groups in total. The lowest BCUT2D eigenvalue weighted by Crippen LogP contribution is -2.32. The van der Waals surface area contributed by atoms with Gasteiger partial charge in [-0.25, -0.2) is 4.98 Å². The van der Waals surface area contributed by atoms with E-state index in [-0.39, 0.29) is 0 Å². The second-order valence-corrected chi connectivity index (χ2v) is 6.94. The van der Waals surface area contributed by atoms with E-state index < -0.39 is 0 Å². The van der Waals surface area contributed by atoms with E-state index in [0.29, 0.717) is 12.0 Å². The third-order valence-corrected chi connectivity index (χ3v) is 5.53. The fraction of sp³-hybridized carbons (Fsp3) is 0.846. The Kier molecular flexibility index (Phi) is 2.59. The van der Waals surface area contributed by atoms with Crippen LogP contribution in [0.3, 0.4) is 0 Å². The molecule has 3 aliphatic rings. The van der Waals surface area contributed by atoms with Crippen molar-refractivity contribution in [1.82, 2.24) is 9.36 Å². The molecule has 5 heteroatoms. The topological polar surface area (TPSA) is 55.0 Å². The molecule has 2 aliphatic carbocycles. The van der Waals surface area contributed by atoms with Gasteiger partial charge in [-0.1, -0.05) is 0 Å². The smallest absolute Gasteiger partial charge is 0.205 e. The molecule has 3 atom stereocenters. The van der Waals surface area contributed by atoms with E-state index in [0.717, 1.165) is 29.3 Å². The van der Waals surface area contributed by atoms with Crippen molar-refractivity contribution in [3.05, 3.63) is 5.82 Å². The average molecular weight is 264 g/mol. The van der Waals surface area contributed by atoms with Crippen LogP contribution < -0.4 is 10.6 Å². The molecule has 2 heterocycles. The van der Waals surface area contributed by atoms with E-state index in [1.807, 2.05) is 0 Å². The number of nitrogens with two attached hydrogens (primary N) is 1. The molecule has 0 radical (unpaired) electrons. The molecule has 1 saturated heterocycles. The number of nitrogens with zero attached hydrogens (tertiary/aromatic N) is 3. The van der Waals surface area contributed by atoms with Crippen molar-refractivity contribution in [2.24, 2.45) is 17.6 Å². The Hall–Kier alpha value is -0.680. The van der Waals surface area contributed by atoms with Crippen LogP contribution in [-0.4, -0.2) is 28.5 Å². The van der Waals surface area contributed by atoms with Gasteiger partial charge in [0.1, 0.15) is 5.82 Å². The lowest BCUT2D eigenvalue weighted by Gasteiger charge is -2.27. The molecule has 0 bridgehead atoms. The number of hydrogen-bond donors (Lipinski definition) is 1.